The Hall–Kier alpha value is -0.830. The largest absolute Gasteiger partial charge is 0.332 e. The van der Waals surface area contributed by atoms with Crippen LogP contribution in [-0.2, 0) is 6.42 Å². The molecular formula is C14H27N3. The number of nitrogens with zero attached hydrogens (tertiary/aromatic N) is 2. The SMILES string of the molecule is CC(C)n1cncc1CCCCNC(C)(C)C. The Bertz CT molecular complexity index is 320. The molecule has 0 radical (unpaired) electrons. The normalized spacial score (nSPS) is 12.4. The molecule has 0 saturated carbocycles. The van der Waals surface area contributed by atoms with Gasteiger partial charge >= 0.3 is 0 Å². The van der Waals surface area contributed by atoms with Crippen LogP contribution in [0.3, 0.4) is 0 Å². The standard InChI is InChI=1S/C14H27N3/c1-12(2)17-11-15-10-13(17)8-6-7-9-16-14(3,4)5/h10-12,16H,6-9H2,1-5H3. The lowest BCUT2D eigenvalue weighted by atomic mass is 10.1. The number of aromatic nitrogens is 2. The summed E-state index contributed by atoms with van der Waals surface area (Å²) in [7, 11) is 0. The molecule has 1 aromatic heterocycles. The lowest BCUT2D eigenvalue weighted by Crippen LogP contribution is -2.36. The van der Waals surface area contributed by atoms with Crippen LogP contribution in [0.25, 0.3) is 0 Å². The minimum absolute atomic E-state index is 0.236. The molecule has 0 aromatic carbocycles. The molecule has 3 heteroatoms. The third-order valence-corrected chi connectivity index (χ3v) is 2.82. The van der Waals surface area contributed by atoms with Crippen LogP contribution in [0.15, 0.2) is 12.5 Å². The highest BCUT2D eigenvalue weighted by Gasteiger charge is 2.08. The quantitative estimate of drug-likeness (QED) is 0.770. The van der Waals surface area contributed by atoms with Crippen molar-refractivity contribution in [2.45, 2.75) is 65.5 Å². The Morgan fingerprint density at radius 3 is 2.59 bits per heavy atom. The van der Waals surface area contributed by atoms with E-state index in [1.807, 2.05) is 12.5 Å². The van der Waals surface area contributed by atoms with Crippen LogP contribution in [0.5, 0.6) is 0 Å². The average molecular weight is 237 g/mol. The molecule has 1 rings (SSSR count). The molecule has 0 spiro atoms. The summed E-state index contributed by atoms with van der Waals surface area (Å²) < 4.78 is 2.26. The van der Waals surface area contributed by atoms with Gasteiger partial charge in [-0.15, -0.1) is 0 Å². The molecule has 3 nitrogen and oxygen atoms in total. The molecule has 1 heterocycles. The van der Waals surface area contributed by atoms with E-state index in [4.69, 9.17) is 0 Å². The van der Waals surface area contributed by atoms with Crippen LogP contribution in [0.2, 0.25) is 0 Å². The number of hydrogen-bond donors (Lipinski definition) is 1. The van der Waals surface area contributed by atoms with Crippen molar-refractivity contribution in [3.8, 4) is 0 Å². The topological polar surface area (TPSA) is 29.9 Å². The molecule has 0 aliphatic carbocycles. The van der Waals surface area contributed by atoms with E-state index in [0.29, 0.717) is 6.04 Å². The molecule has 0 aliphatic rings. The van der Waals surface area contributed by atoms with Gasteiger partial charge in [0.15, 0.2) is 0 Å². The van der Waals surface area contributed by atoms with Gasteiger partial charge in [0.1, 0.15) is 0 Å². The molecule has 0 amide bonds. The van der Waals surface area contributed by atoms with Crippen LogP contribution >= 0.6 is 0 Å². The highest BCUT2D eigenvalue weighted by molar-refractivity contribution is 4.99. The number of unbranched alkanes of at least 4 members (excludes halogenated alkanes) is 1. The zero-order valence-electron chi connectivity index (χ0n) is 12.0. The Balaban J connectivity index is 2.25. The average Bonchev–Trinajstić information content (AvgIpc) is 2.63. The fourth-order valence-electron chi connectivity index (χ4n) is 1.89. The Morgan fingerprint density at radius 2 is 2.00 bits per heavy atom. The molecule has 1 aromatic rings. The van der Waals surface area contributed by atoms with Crippen molar-refractivity contribution in [1.82, 2.24) is 14.9 Å². The summed E-state index contributed by atoms with van der Waals surface area (Å²) >= 11 is 0. The Kier molecular flexibility index (Phi) is 5.19. The minimum atomic E-state index is 0.236. The van der Waals surface area contributed by atoms with Gasteiger partial charge in [-0.3, -0.25) is 0 Å². The second-order valence-electron chi connectivity index (χ2n) is 6.02. The van der Waals surface area contributed by atoms with E-state index in [2.05, 4.69) is 49.5 Å². The van der Waals surface area contributed by atoms with Gasteiger partial charge in [-0.25, -0.2) is 4.98 Å². The monoisotopic (exact) mass is 237 g/mol. The van der Waals surface area contributed by atoms with Crippen molar-refractivity contribution in [2.75, 3.05) is 6.54 Å². The smallest absolute Gasteiger partial charge is 0.0950 e. The predicted octanol–water partition coefficient (Wildman–Crippen LogP) is 3.17. The van der Waals surface area contributed by atoms with Crippen molar-refractivity contribution < 1.29 is 0 Å². The second kappa shape index (κ2) is 6.20. The summed E-state index contributed by atoms with van der Waals surface area (Å²) in [4.78, 5) is 4.23. The summed E-state index contributed by atoms with van der Waals surface area (Å²) in [5.74, 6) is 0. The zero-order chi connectivity index (χ0) is 12.9. The molecule has 17 heavy (non-hydrogen) atoms. The molecule has 0 unspecified atom stereocenters. The van der Waals surface area contributed by atoms with E-state index >= 15 is 0 Å². The highest BCUT2D eigenvalue weighted by Crippen LogP contribution is 2.11. The van der Waals surface area contributed by atoms with Gasteiger partial charge in [-0.05, 0) is 60.4 Å². The fourth-order valence-corrected chi connectivity index (χ4v) is 1.89. The van der Waals surface area contributed by atoms with Gasteiger partial charge in [0, 0.05) is 23.5 Å². The van der Waals surface area contributed by atoms with Gasteiger partial charge in [0.2, 0.25) is 0 Å². The minimum Gasteiger partial charge on any atom is -0.332 e. The highest BCUT2D eigenvalue weighted by atomic mass is 15.1. The van der Waals surface area contributed by atoms with Gasteiger partial charge in [-0.1, -0.05) is 0 Å². The van der Waals surface area contributed by atoms with Crippen LogP contribution in [-0.4, -0.2) is 21.6 Å². The first kappa shape index (κ1) is 14.2. The van der Waals surface area contributed by atoms with Gasteiger partial charge in [0.25, 0.3) is 0 Å². The van der Waals surface area contributed by atoms with Crippen LogP contribution < -0.4 is 5.32 Å². The Morgan fingerprint density at radius 1 is 1.29 bits per heavy atom. The van der Waals surface area contributed by atoms with Crippen molar-refractivity contribution >= 4 is 0 Å². The number of aryl methyl sites for hydroxylation is 1. The number of imidazole rings is 1. The van der Waals surface area contributed by atoms with E-state index in [0.717, 1.165) is 13.0 Å². The fraction of sp³-hybridized carbons (Fsp3) is 0.786. The van der Waals surface area contributed by atoms with Crippen molar-refractivity contribution in [3.63, 3.8) is 0 Å². The summed E-state index contributed by atoms with van der Waals surface area (Å²) in [5, 5.41) is 3.52. The third-order valence-electron chi connectivity index (χ3n) is 2.82. The molecule has 0 aliphatic heterocycles. The van der Waals surface area contributed by atoms with Crippen LogP contribution in [0, 0.1) is 0 Å². The molecular weight excluding hydrogens is 210 g/mol. The van der Waals surface area contributed by atoms with E-state index in [-0.39, 0.29) is 5.54 Å². The summed E-state index contributed by atoms with van der Waals surface area (Å²) in [6, 6.07) is 0.514. The first-order chi connectivity index (χ1) is 7.90. The summed E-state index contributed by atoms with van der Waals surface area (Å²) in [6.45, 7) is 12.1. The zero-order valence-corrected chi connectivity index (χ0v) is 12.0. The van der Waals surface area contributed by atoms with E-state index in [9.17, 15) is 0 Å². The molecule has 0 bridgehead atoms. The molecule has 98 valence electrons. The maximum Gasteiger partial charge on any atom is 0.0950 e. The summed E-state index contributed by atoms with van der Waals surface area (Å²) in [5.41, 5.74) is 1.59. The van der Waals surface area contributed by atoms with Crippen molar-refractivity contribution in [1.29, 1.82) is 0 Å². The van der Waals surface area contributed by atoms with Gasteiger partial charge in [-0.2, -0.15) is 0 Å². The molecule has 0 atom stereocenters. The second-order valence-corrected chi connectivity index (χ2v) is 6.02. The maximum absolute atomic E-state index is 4.23. The lowest BCUT2D eigenvalue weighted by Gasteiger charge is -2.20. The number of hydrogen-bond acceptors (Lipinski definition) is 2. The number of rotatable bonds is 6. The lowest BCUT2D eigenvalue weighted by molar-refractivity contribution is 0.418. The van der Waals surface area contributed by atoms with Gasteiger partial charge in [0.05, 0.1) is 6.33 Å². The molecule has 1 N–H and O–H groups in total. The number of nitrogens with one attached hydrogen (secondary N) is 1. The van der Waals surface area contributed by atoms with Crippen molar-refractivity contribution in [3.05, 3.63) is 18.2 Å². The predicted molar refractivity (Wildman–Crippen MR) is 73.3 cm³/mol. The van der Waals surface area contributed by atoms with E-state index in [1.54, 1.807) is 0 Å². The van der Waals surface area contributed by atoms with E-state index < -0.39 is 0 Å². The Labute approximate surface area is 106 Å². The first-order valence-corrected chi connectivity index (χ1v) is 6.66. The van der Waals surface area contributed by atoms with E-state index in [1.165, 1.54) is 18.5 Å². The third kappa shape index (κ3) is 5.35. The van der Waals surface area contributed by atoms with Crippen molar-refractivity contribution in [2.24, 2.45) is 0 Å². The van der Waals surface area contributed by atoms with Crippen LogP contribution in [0.4, 0.5) is 0 Å². The first-order valence-electron chi connectivity index (χ1n) is 6.66. The maximum atomic E-state index is 4.23. The molecule has 0 fully saturated rings. The summed E-state index contributed by atoms with van der Waals surface area (Å²) in [6.07, 6.45) is 7.51. The van der Waals surface area contributed by atoms with Crippen LogP contribution in [0.1, 0.15) is 59.2 Å². The molecule has 0 saturated heterocycles. The van der Waals surface area contributed by atoms with Gasteiger partial charge < -0.3 is 9.88 Å².